The SMILES string of the molecule is CNC(C(=O)N1C[C@H](O)CC1C(=O)NCc1ccc(-c2conc2C)cc1)C(C)(C)C. The maximum atomic E-state index is 13.1. The summed E-state index contributed by atoms with van der Waals surface area (Å²) < 4.78 is 4.99. The highest BCUT2D eigenvalue weighted by Gasteiger charge is 2.43. The number of rotatable bonds is 6. The first-order valence-corrected chi connectivity index (χ1v) is 10.6. The molecule has 3 N–H and O–H groups in total. The summed E-state index contributed by atoms with van der Waals surface area (Å²) in [5, 5.41) is 20.0. The smallest absolute Gasteiger partial charge is 0.243 e. The lowest BCUT2D eigenvalue weighted by Crippen LogP contribution is -2.55. The summed E-state index contributed by atoms with van der Waals surface area (Å²) in [6, 6.07) is 6.66. The maximum Gasteiger partial charge on any atom is 0.243 e. The summed E-state index contributed by atoms with van der Waals surface area (Å²) in [4.78, 5) is 27.5. The van der Waals surface area contributed by atoms with Gasteiger partial charge in [0.05, 0.1) is 17.8 Å². The number of hydrogen-bond donors (Lipinski definition) is 3. The van der Waals surface area contributed by atoms with Crippen molar-refractivity contribution < 1.29 is 19.2 Å². The lowest BCUT2D eigenvalue weighted by molar-refractivity contribution is -0.142. The second kappa shape index (κ2) is 9.20. The van der Waals surface area contributed by atoms with Gasteiger partial charge in [0.1, 0.15) is 12.3 Å². The van der Waals surface area contributed by atoms with Gasteiger partial charge in [-0.1, -0.05) is 50.2 Å². The molecule has 3 rings (SSSR count). The van der Waals surface area contributed by atoms with Crippen LogP contribution in [0.1, 0.15) is 38.4 Å². The van der Waals surface area contributed by atoms with E-state index in [2.05, 4.69) is 15.8 Å². The highest BCUT2D eigenvalue weighted by atomic mass is 16.5. The second-order valence-electron chi connectivity index (χ2n) is 9.21. The summed E-state index contributed by atoms with van der Waals surface area (Å²) in [6.45, 7) is 8.30. The average Bonchev–Trinajstić information content (AvgIpc) is 3.31. The molecule has 2 heterocycles. The first-order chi connectivity index (χ1) is 14.6. The fourth-order valence-electron chi connectivity index (χ4n) is 4.08. The molecule has 1 aromatic heterocycles. The van der Waals surface area contributed by atoms with Crippen LogP contribution in [0.25, 0.3) is 11.1 Å². The van der Waals surface area contributed by atoms with Crippen LogP contribution in [-0.2, 0) is 16.1 Å². The minimum atomic E-state index is -0.705. The number of benzene rings is 1. The van der Waals surface area contributed by atoms with E-state index in [1.54, 1.807) is 13.3 Å². The molecule has 2 unspecified atom stereocenters. The maximum absolute atomic E-state index is 13.1. The van der Waals surface area contributed by atoms with Crippen molar-refractivity contribution in [3.05, 3.63) is 41.8 Å². The van der Waals surface area contributed by atoms with Gasteiger partial charge in [0.15, 0.2) is 0 Å². The van der Waals surface area contributed by atoms with Crippen molar-refractivity contribution in [2.45, 2.75) is 58.8 Å². The number of β-amino-alcohol motifs (C(OH)–C–C–N with tert-alkyl or cyclic N) is 1. The molecule has 31 heavy (non-hydrogen) atoms. The Morgan fingerprint density at radius 2 is 1.97 bits per heavy atom. The van der Waals surface area contributed by atoms with Crippen molar-refractivity contribution in [1.29, 1.82) is 0 Å². The Bertz CT molecular complexity index is 916. The van der Waals surface area contributed by atoms with Gasteiger partial charge >= 0.3 is 0 Å². The summed E-state index contributed by atoms with van der Waals surface area (Å²) >= 11 is 0. The molecule has 1 aliphatic heterocycles. The van der Waals surface area contributed by atoms with E-state index in [-0.39, 0.29) is 30.2 Å². The van der Waals surface area contributed by atoms with E-state index in [9.17, 15) is 14.7 Å². The zero-order valence-electron chi connectivity index (χ0n) is 18.8. The van der Waals surface area contributed by atoms with E-state index in [1.165, 1.54) is 4.90 Å². The fraction of sp³-hybridized carbons (Fsp3) is 0.522. The van der Waals surface area contributed by atoms with Crippen LogP contribution in [0.4, 0.5) is 0 Å². The molecule has 2 aromatic rings. The Labute approximate surface area is 183 Å². The highest BCUT2D eigenvalue weighted by Crippen LogP contribution is 2.26. The van der Waals surface area contributed by atoms with Crippen LogP contribution < -0.4 is 10.6 Å². The largest absolute Gasteiger partial charge is 0.391 e. The Morgan fingerprint density at radius 1 is 1.29 bits per heavy atom. The number of aromatic nitrogens is 1. The number of aryl methyl sites for hydroxylation is 1. The van der Waals surface area contributed by atoms with Gasteiger partial charge in [-0.25, -0.2) is 0 Å². The Balaban J connectivity index is 1.65. The van der Waals surface area contributed by atoms with Crippen molar-refractivity contribution in [1.82, 2.24) is 20.7 Å². The molecule has 2 amide bonds. The van der Waals surface area contributed by atoms with E-state index < -0.39 is 18.2 Å². The van der Waals surface area contributed by atoms with Crippen LogP contribution in [0.5, 0.6) is 0 Å². The molecule has 1 aliphatic rings. The van der Waals surface area contributed by atoms with Gasteiger partial charge in [-0.3, -0.25) is 9.59 Å². The number of amides is 2. The quantitative estimate of drug-likeness (QED) is 0.648. The Morgan fingerprint density at radius 3 is 2.52 bits per heavy atom. The zero-order valence-corrected chi connectivity index (χ0v) is 18.8. The predicted molar refractivity (Wildman–Crippen MR) is 117 cm³/mol. The normalized spacial score (nSPS) is 20.0. The van der Waals surface area contributed by atoms with Crippen LogP contribution in [0.3, 0.4) is 0 Å². The molecule has 1 aromatic carbocycles. The van der Waals surface area contributed by atoms with E-state index >= 15 is 0 Å². The van der Waals surface area contributed by atoms with E-state index in [0.29, 0.717) is 6.54 Å². The first-order valence-electron chi connectivity index (χ1n) is 10.6. The number of nitrogens with one attached hydrogen (secondary N) is 2. The molecule has 1 fully saturated rings. The minimum absolute atomic E-state index is 0.165. The van der Waals surface area contributed by atoms with Gasteiger partial charge in [-0.05, 0) is 30.5 Å². The van der Waals surface area contributed by atoms with Crippen molar-refractivity contribution in [2.24, 2.45) is 5.41 Å². The van der Waals surface area contributed by atoms with E-state index in [0.717, 1.165) is 22.4 Å². The van der Waals surface area contributed by atoms with Crippen LogP contribution in [0.2, 0.25) is 0 Å². The highest BCUT2D eigenvalue weighted by molar-refractivity contribution is 5.91. The van der Waals surface area contributed by atoms with Gasteiger partial charge in [-0.2, -0.15) is 0 Å². The molecule has 8 nitrogen and oxygen atoms in total. The number of carbonyl (C=O) groups is 2. The van der Waals surface area contributed by atoms with Gasteiger partial charge in [-0.15, -0.1) is 0 Å². The monoisotopic (exact) mass is 428 g/mol. The summed E-state index contributed by atoms with van der Waals surface area (Å²) in [5.74, 6) is -0.423. The first kappa shape index (κ1) is 23.0. The predicted octanol–water partition coefficient (Wildman–Crippen LogP) is 1.86. The van der Waals surface area contributed by atoms with Gasteiger partial charge < -0.3 is 25.2 Å². The number of likely N-dealkylation sites (tertiary alicyclic amines) is 1. The molecule has 8 heteroatoms. The Kier molecular flexibility index (Phi) is 6.81. The molecule has 0 spiro atoms. The average molecular weight is 429 g/mol. The summed E-state index contributed by atoms with van der Waals surface area (Å²) in [6.07, 6.45) is 1.14. The van der Waals surface area contributed by atoms with Crippen LogP contribution >= 0.6 is 0 Å². The molecule has 0 radical (unpaired) electrons. The van der Waals surface area contributed by atoms with Crippen molar-refractivity contribution in [2.75, 3.05) is 13.6 Å². The van der Waals surface area contributed by atoms with Crippen molar-refractivity contribution >= 4 is 11.8 Å². The topological polar surface area (TPSA) is 108 Å². The molecule has 3 atom stereocenters. The second-order valence-corrected chi connectivity index (χ2v) is 9.21. The van der Waals surface area contributed by atoms with Gasteiger partial charge in [0.25, 0.3) is 0 Å². The van der Waals surface area contributed by atoms with E-state index in [4.69, 9.17) is 4.52 Å². The molecular formula is C23H32N4O4. The number of nitrogens with zero attached hydrogens (tertiary/aromatic N) is 2. The lowest BCUT2D eigenvalue weighted by atomic mass is 9.86. The molecular weight excluding hydrogens is 396 g/mol. The molecule has 1 saturated heterocycles. The third-order valence-corrected chi connectivity index (χ3v) is 5.75. The van der Waals surface area contributed by atoms with Gasteiger partial charge in [0.2, 0.25) is 11.8 Å². The minimum Gasteiger partial charge on any atom is -0.391 e. The number of aliphatic hydroxyl groups is 1. The number of hydrogen-bond acceptors (Lipinski definition) is 6. The summed E-state index contributed by atoms with van der Waals surface area (Å²) in [5.41, 5.74) is 3.36. The number of likely N-dealkylation sites (N-methyl/N-ethyl adjacent to an activating group) is 1. The van der Waals surface area contributed by atoms with Crippen LogP contribution in [0, 0.1) is 12.3 Å². The molecule has 168 valence electrons. The van der Waals surface area contributed by atoms with Crippen molar-refractivity contribution in [3.8, 4) is 11.1 Å². The standard InChI is InChI=1S/C23H32N4O4/c1-14-18(13-31-26-14)16-8-6-15(7-9-16)11-25-21(29)19-10-17(28)12-27(19)22(30)20(24-5)23(2,3)4/h6-9,13,17,19-20,24,28H,10-12H2,1-5H3,(H,25,29)/t17-,19?,20?/m1/s1. The van der Waals surface area contributed by atoms with Crippen LogP contribution in [0.15, 0.2) is 35.1 Å². The molecule has 0 saturated carbocycles. The third-order valence-electron chi connectivity index (χ3n) is 5.75. The Hall–Kier alpha value is -2.71. The molecule has 0 aliphatic carbocycles. The molecule has 0 bridgehead atoms. The lowest BCUT2D eigenvalue weighted by Gasteiger charge is -2.34. The zero-order chi connectivity index (χ0) is 22.8. The van der Waals surface area contributed by atoms with Gasteiger partial charge in [0, 0.05) is 25.1 Å². The van der Waals surface area contributed by atoms with Crippen LogP contribution in [-0.4, -0.2) is 58.8 Å². The summed E-state index contributed by atoms with van der Waals surface area (Å²) in [7, 11) is 1.74. The van der Waals surface area contributed by atoms with E-state index in [1.807, 2.05) is 52.0 Å². The van der Waals surface area contributed by atoms with Crippen molar-refractivity contribution in [3.63, 3.8) is 0 Å². The third kappa shape index (κ3) is 5.14. The number of carbonyl (C=O) groups excluding carboxylic acids is 2. The number of aliphatic hydroxyl groups excluding tert-OH is 1. The fourth-order valence-corrected chi connectivity index (χ4v) is 4.08.